The van der Waals surface area contributed by atoms with Crippen LogP contribution in [0.15, 0.2) is 36.4 Å². The number of aromatic hydroxyl groups is 2. The number of hydrogen-bond acceptors (Lipinski definition) is 6. The van der Waals surface area contributed by atoms with Crippen LogP contribution in [0.2, 0.25) is 0 Å². The summed E-state index contributed by atoms with van der Waals surface area (Å²) in [5.74, 6) is -3.25. The quantitative estimate of drug-likeness (QED) is 0.0512. The number of hydrazine groups is 2. The van der Waals surface area contributed by atoms with Crippen molar-refractivity contribution in [2.24, 2.45) is 11.8 Å². The van der Waals surface area contributed by atoms with Gasteiger partial charge in [0.15, 0.2) is 0 Å². The van der Waals surface area contributed by atoms with Crippen LogP contribution >= 0.6 is 0 Å². The van der Waals surface area contributed by atoms with Crippen molar-refractivity contribution < 1.29 is 29.4 Å². The van der Waals surface area contributed by atoms with E-state index in [4.69, 9.17) is 0 Å². The molecule has 0 radical (unpaired) electrons. The van der Waals surface area contributed by atoms with Crippen molar-refractivity contribution in [3.63, 3.8) is 0 Å². The van der Waals surface area contributed by atoms with E-state index in [1.54, 1.807) is 19.1 Å². The molecule has 0 aliphatic rings. The minimum Gasteiger partial charge on any atom is -0.507 e. The second-order valence-corrected chi connectivity index (χ2v) is 13.6. The van der Waals surface area contributed by atoms with Gasteiger partial charge in [-0.2, -0.15) is 0 Å². The van der Waals surface area contributed by atoms with E-state index in [-0.39, 0.29) is 28.5 Å². The van der Waals surface area contributed by atoms with Gasteiger partial charge in [-0.15, -0.1) is 0 Å². The first kappa shape index (κ1) is 42.1. The Hall–Kier alpha value is -4.08. The van der Waals surface area contributed by atoms with Crippen molar-refractivity contribution in [3.05, 3.63) is 58.7 Å². The number of unbranched alkanes of at least 4 members (excludes halogenated alkanes) is 10. The molecule has 0 fully saturated rings. The lowest BCUT2D eigenvalue weighted by atomic mass is 9.91. The summed E-state index contributed by atoms with van der Waals surface area (Å²) in [6.45, 7) is 8.14. The predicted octanol–water partition coefficient (Wildman–Crippen LogP) is 7.96. The Morgan fingerprint density at radius 2 is 0.980 bits per heavy atom. The maximum absolute atomic E-state index is 13.2. The summed E-state index contributed by atoms with van der Waals surface area (Å²) in [7, 11) is 0. The smallest absolute Gasteiger partial charge is 0.273 e. The van der Waals surface area contributed by atoms with Gasteiger partial charge in [-0.05, 0) is 80.3 Å². The lowest BCUT2D eigenvalue weighted by Crippen LogP contribution is -2.45. The first-order valence-corrected chi connectivity index (χ1v) is 18.9. The van der Waals surface area contributed by atoms with Crippen LogP contribution in [-0.2, 0) is 22.4 Å². The Labute approximate surface area is 299 Å². The van der Waals surface area contributed by atoms with Crippen molar-refractivity contribution in [2.45, 2.75) is 143 Å². The molecule has 2 atom stereocenters. The number of carbonyl (C=O) groups is 4. The zero-order valence-electron chi connectivity index (χ0n) is 30.9. The molecule has 278 valence electrons. The molecule has 0 aliphatic heterocycles. The molecule has 10 heteroatoms. The Kier molecular flexibility index (Phi) is 20.3. The Bertz CT molecular complexity index is 1350. The maximum atomic E-state index is 13.2. The van der Waals surface area contributed by atoms with Gasteiger partial charge in [0, 0.05) is 11.8 Å². The Morgan fingerprint density at radius 1 is 0.540 bits per heavy atom. The van der Waals surface area contributed by atoms with Gasteiger partial charge in [-0.3, -0.25) is 40.9 Å². The van der Waals surface area contributed by atoms with Gasteiger partial charge in [0.25, 0.3) is 11.8 Å². The van der Waals surface area contributed by atoms with Crippen molar-refractivity contribution >= 4 is 23.6 Å². The lowest BCUT2D eigenvalue weighted by molar-refractivity contribution is -0.128. The molecule has 0 saturated heterocycles. The number of hydrogen-bond donors (Lipinski definition) is 6. The number of amides is 4. The summed E-state index contributed by atoms with van der Waals surface area (Å²) in [6, 6.07) is 9.97. The highest BCUT2D eigenvalue weighted by Crippen LogP contribution is 2.23. The average molecular weight is 695 g/mol. The molecule has 0 spiro atoms. The second kappa shape index (κ2) is 24.1. The van der Waals surface area contributed by atoms with Crippen LogP contribution in [0.1, 0.15) is 162 Å². The van der Waals surface area contributed by atoms with E-state index in [1.807, 2.05) is 12.1 Å². The fraction of sp³-hybridized carbons (Fsp3) is 0.600. The largest absolute Gasteiger partial charge is 0.507 e. The third-order valence-corrected chi connectivity index (χ3v) is 9.27. The van der Waals surface area contributed by atoms with Crippen LogP contribution in [0.4, 0.5) is 0 Å². The summed E-state index contributed by atoms with van der Waals surface area (Å²) in [6.07, 6.45) is 17.0. The minimum atomic E-state index is -0.605. The predicted molar refractivity (Wildman–Crippen MR) is 198 cm³/mol. The van der Waals surface area contributed by atoms with Gasteiger partial charge >= 0.3 is 0 Å². The molecule has 4 amide bonds. The number of benzene rings is 2. The summed E-state index contributed by atoms with van der Waals surface area (Å²) in [5, 5.41) is 20.6. The number of nitrogens with one attached hydrogen (secondary N) is 4. The van der Waals surface area contributed by atoms with Gasteiger partial charge < -0.3 is 10.2 Å². The minimum absolute atomic E-state index is 0.0983. The summed E-state index contributed by atoms with van der Waals surface area (Å²) in [4.78, 5) is 51.8. The summed E-state index contributed by atoms with van der Waals surface area (Å²) >= 11 is 0. The third-order valence-electron chi connectivity index (χ3n) is 9.27. The Balaban J connectivity index is 1.90. The molecule has 2 unspecified atom stereocenters. The molecular formula is C40H62N4O6. The molecule has 0 aliphatic carbocycles. The van der Waals surface area contributed by atoms with Crippen molar-refractivity contribution in [2.75, 3.05) is 0 Å². The zero-order chi connectivity index (χ0) is 36.7. The fourth-order valence-corrected chi connectivity index (χ4v) is 5.93. The number of rotatable bonds is 23. The number of phenols is 2. The zero-order valence-corrected chi connectivity index (χ0v) is 30.9. The molecule has 0 heterocycles. The van der Waals surface area contributed by atoms with Crippen molar-refractivity contribution in [1.29, 1.82) is 0 Å². The first-order chi connectivity index (χ1) is 24.1. The third kappa shape index (κ3) is 15.6. The van der Waals surface area contributed by atoms with E-state index in [9.17, 15) is 29.4 Å². The number of carbonyl (C=O) groups excluding carboxylic acids is 4. The van der Waals surface area contributed by atoms with Gasteiger partial charge in [0.1, 0.15) is 11.5 Å². The van der Waals surface area contributed by atoms with E-state index >= 15 is 0 Å². The van der Waals surface area contributed by atoms with Gasteiger partial charge in [-0.1, -0.05) is 110 Å². The van der Waals surface area contributed by atoms with E-state index in [2.05, 4.69) is 42.5 Å². The average Bonchev–Trinajstić information content (AvgIpc) is 3.11. The van der Waals surface area contributed by atoms with Crippen LogP contribution in [0.5, 0.6) is 11.5 Å². The molecule has 2 aromatic rings. The van der Waals surface area contributed by atoms with Crippen molar-refractivity contribution in [1.82, 2.24) is 21.7 Å². The van der Waals surface area contributed by atoms with Crippen LogP contribution in [-0.4, -0.2) is 33.8 Å². The molecule has 2 rings (SSSR count). The highest BCUT2D eigenvalue weighted by molar-refractivity contribution is 5.98. The maximum Gasteiger partial charge on any atom is 0.273 e. The number of phenolic OH excluding ortho intramolecular Hbond substituents is 2. The first-order valence-electron chi connectivity index (χ1n) is 18.9. The molecular weight excluding hydrogens is 632 g/mol. The molecule has 10 nitrogen and oxygen atoms in total. The van der Waals surface area contributed by atoms with Crippen molar-refractivity contribution in [3.8, 4) is 11.5 Å². The normalized spacial score (nSPS) is 12.2. The summed E-state index contributed by atoms with van der Waals surface area (Å²) < 4.78 is 0. The standard InChI is InChI=1S/C40H62N4O6/c1-5-8-11-13-16-18-30-22-25-35(45)33(27-30)39(49)43-41-37(47)29(4)21-24-32(20-15-10-7-3)38(48)42-44-40(50)34-28-31(23-26-36(34)46)19-17-14-12-9-6-2/h22-23,25-29,32,45-46H,5-21,24H2,1-4H3,(H,41,47)(H,42,48)(H,43,49)(H,44,50). The van der Waals surface area contributed by atoms with Crippen LogP contribution in [0, 0.1) is 11.8 Å². The van der Waals surface area contributed by atoms with Crippen LogP contribution in [0.3, 0.4) is 0 Å². The van der Waals surface area contributed by atoms with E-state index in [0.29, 0.717) is 19.3 Å². The van der Waals surface area contributed by atoms with Crippen LogP contribution in [0.25, 0.3) is 0 Å². The molecule has 0 saturated carbocycles. The van der Waals surface area contributed by atoms with E-state index < -0.39 is 29.6 Å². The van der Waals surface area contributed by atoms with Gasteiger partial charge in [0.05, 0.1) is 11.1 Å². The molecule has 2 aromatic carbocycles. The number of aryl methyl sites for hydroxylation is 2. The van der Waals surface area contributed by atoms with E-state index in [0.717, 1.165) is 68.9 Å². The molecule has 0 aromatic heterocycles. The fourth-order valence-electron chi connectivity index (χ4n) is 5.93. The Morgan fingerprint density at radius 3 is 1.46 bits per heavy atom. The topological polar surface area (TPSA) is 157 Å². The van der Waals surface area contributed by atoms with Gasteiger partial charge in [0.2, 0.25) is 11.8 Å². The van der Waals surface area contributed by atoms with E-state index in [1.165, 1.54) is 50.7 Å². The van der Waals surface area contributed by atoms with Crippen LogP contribution < -0.4 is 21.7 Å². The monoisotopic (exact) mass is 694 g/mol. The SMILES string of the molecule is CCCCCCCc1ccc(O)c(C(=O)NNC(=O)C(C)CCC(CCCCC)C(=O)NNC(=O)c2cc(CCCCCCC)ccc2O)c1. The molecule has 50 heavy (non-hydrogen) atoms. The highest BCUT2D eigenvalue weighted by atomic mass is 16.3. The summed E-state index contributed by atoms with van der Waals surface area (Å²) in [5.41, 5.74) is 12.0. The molecule has 0 bridgehead atoms. The second-order valence-electron chi connectivity index (χ2n) is 13.6. The lowest BCUT2D eigenvalue weighted by Gasteiger charge is -2.19. The highest BCUT2D eigenvalue weighted by Gasteiger charge is 2.23. The molecule has 6 N–H and O–H groups in total. The van der Waals surface area contributed by atoms with Gasteiger partial charge in [-0.25, -0.2) is 0 Å².